The van der Waals surface area contributed by atoms with Gasteiger partial charge < -0.3 is 14.2 Å². The van der Waals surface area contributed by atoms with Gasteiger partial charge in [-0.3, -0.25) is 4.79 Å². The third kappa shape index (κ3) is 6.70. The molecule has 2 aliphatic rings. The Morgan fingerprint density at radius 2 is 1.07 bits per heavy atom. The van der Waals surface area contributed by atoms with Gasteiger partial charge in [0.2, 0.25) is 11.8 Å². The summed E-state index contributed by atoms with van der Waals surface area (Å²) in [5, 5.41) is 1.22. The lowest BCUT2D eigenvalue weighted by atomic mass is 9.76. The summed E-state index contributed by atoms with van der Waals surface area (Å²) in [7, 11) is 0. The van der Waals surface area contributed by atoms with Crippen LogP contribution in [0.2, 0.25) is 0 Å². The van der Waals surface area contributed by atoms with Gasteiger partial charge in [-0.05, 0) is 58.5 Å². The molecule has 0 saturated heterocycles. The topological polar surface area (TPSA) is 86.6 Å². The average Bonchev–Trinajstić information content (AvgIpc) is 3.92. The van der Waals surface area contributed by atoms with Crippen molar-refractivity contribution in [2.45, 2.75) is 38.1 Å². The summed E-state index contributed by atoms with van der Waals surface area (Å²) in [6.45, 7) is 3.97. The van der Waals surface area contributed by atoms with Crippen LogP contribution < -0.4 is 5.43 Å². The lowest BCUT2D eigenvalue weighted by Crippen LogP contribution is -2.49. The highest BCUT2D eigenvalue weighted by Gasteiger charge is 2.56. The number of esters is 1. The zero-order valence-electron chi connectivity index (χ0n) is 31.5. The summed E-state index contributed by atoms with van der Waals surface area (Å²) in [6, 6.07) is 52.3. The van der Waals surface area contributed by atoms with Crippen molar-refractivity contribution >= 4 is 49.3 Å². The van der Waals surface area contributed by atoms with Gasteiger partial charge in [0, 0.05) is 20.2 Å². The van der Waals surface area contributed by atoms with E-state index in [1.807, 2.05) is 121 Å². The molecule has 0 aliphatic carbocycles. The number of rotatable bonds is 10. The first-order chi connectivity index (χ1) is 27.9. The molecule has 0 bridgehead atoms. The Kier molecular flexibility index (Phi) is 9.72. The molecule has 6 aromatic carbocycles. The standard InChI is InChI=1S/C49H40N2O5S/c1-31(2)49(47-50-41(32-17-7-3-8-18-32)44(55-47)34-21-11-5-12-22-34,48-51-42(33-19-9-4-10-20-33)45(56-48)35-23-13-6-14-24-35)30-54-46(53)36-27-28-38-40(29-36)57-39-26-16-15-25-37(39)43(38)52/h3-29,31,41-42,44-45H,30H2,1-2H3/t41-,42-,44+,45+/m1/s1. The van der Waals surface area contributed by atoms with Crippen molar-refractivity contribution in [2.75, 3.05) is 6.61 Å². The first kappa shape index (κ1) is 36.3. The van der Waals surface area contributed by atoms with E-state index in [2.05, 4.69) is 38.1 Å². The lowest BCUT2D eigenvalue weighted by molar-refractivity contribution is 0.0330. The fraction of sp³-hybridized carbons (Fsp3) is 0.184. The minimum Gasteiger partial charge on any atom is -0.469 e. The summed E-state index contributed by atoms with van der Waals surface area (Å²) in [6.07, 6.45) is -0.903. The van der Waals surface area contributed by atoms with Gasteiger partial charge in [0.1, 0.15) is 18.7 Å². The van der Waals surface area contributed by atoms with E-state index in [9.17, 15) is 9.59 Å². The van der Waals surface area contributed by atoms with Crippen molar-refractivity contribution in [3.8, 4) is 0 Å². The highest BCUT2D eigenvalue weighted by Crippen LogP contribution is 2.50. The van der Waals surface area contributed by atoms with Crippen molar-refractivity contribution in [1.29, 1.82) is 0 Å². The Balaban J connectivity index is 1.16. The van der Waals surface area contributed by atoms with E-state index in [1.165, 1.54) is 11.3 Å². The van der Waals surface area contributed by atoms with Gasteiger partial charge in [-0.15, -0.1) is 11.3 Å². The number of carbonyl (C=O) groups is 1. The first-order valence-electron chi connectivity index (χ1n) is 19.2. The number of ether oxygens (including phenoxy) is 3. The Morgan fingerprint density at radius 3 is 1.58 bits per heavy atom. The number of nitrogens with zero attached hydrogens (tertiary/aromatic N) is 2. The van der Waals surface area contributed by atoms with Gasteiger partial charge in [-0.25, -0.2) is 14.8 Å². The minimum absolute atomic E-state index is 0.0623. The molecule has 0 fully saturated rings. The van der Waals surface area contributed by atoms with Crippen molar-refractivity contribution in [3.05, 3.63) is 202 Å². The molecule has 7 nitrogen and oxygen atoms in total. The molecule has 57 heavy (non-hydrogen) atoms. The van der Waals surface area contributed by atoms with Gasteiger partial charge in [0.15, 0.2) is 23.1 Å². The molecule has 0 radical (unpaired) electrons. The summed E-state index contributed by atoms with van der Waals surface area (Å²) in [5.74, 6) is 0.00392. The molecule has 0 saturated carbocycles. The molecule has 282 valence electrons. The summed E-state index contributed by atoms with van der Waals surface area (Å²) < 4.78 is 22.0. The molecule has 0 amide bonds. The molecule has 0 unspecified atom stereocenters. The molecule has 0 spiro atoms. The second-order valence-corrected chi connectivity index (χ2v) is 15.9. The summed E-state index contributed by atoms with van der Waals surface area (Å²) >= 11 is 1.47. The Hall–Kier alpha value is -6.38. The Bertz CT molecular complexity index is 2570. The number of hydrogen-bond donors (Lipinski definition) is 0. The number of carbonyl (C=O) groups excluding carboxylic acids is 1. The SMILES string of the molecule is CC(C)C(COC(=O)c1ccc2c(=O)c3ccccc3sc2c1)(C1=N[C@H](c2ccccc2)[C@H](c2ccccc2)O1)C1=N[C@H](c2ccccc2)[C@H](c2ccccc2)O1. The zero-order valence-corrected chi connectivity index (χ0v) is 32.3. The summed E-state index contributed by atoms with van der Waals surface area (Å²) in [5.41, 5.74) is 2.99. The molecule has 1 aromatic heterocycles. The van der Waals surface area contributed by atoms with E-state index in [4.69, 9.17) is 24.2 Å². The van der Waals surface area contributed by atoms with Crippen LogP contribution in [0.25, 0.3) is 20.2 Å². The molecule has 0 N–H and O–H groups in total. The second kappa shape index (κ2) is 15.3. The molecule has 4 atom stereocenters. The zero-order chi connectivity index (χ0) is 38.9. The quantitative estimate of drug-likeness (QED) is 0.102. The Labute approximate surface area is 334 Å². The van der Waals surface area contributed by atoms with Crippen LogP contribution in [-0.2, 0) is 14.2 Å². The molecule has 9 rings (SSSR count). The lowest BCUT2D eigenvalue weighted by Gasteiger charge is -2.36. The molecule has 2 aliphatic heterocycles. The van der Waals surface area contributed by atoms with E-state index in [0.717, 1.165) is 27.0 Å². The molecular weight excluding hydrogens is 729 g/mol. The molecule has 3 heterocycles. The molecule has 8 heteroatoms. The fourth-order valence-corrected chi connectivity index (χ4v) is 9.02. The largest absolute Gasteiger partial charge is 0.469 e. The second-order valence-electron chi connectivity index (χ2n) is 14.8. The van der Waals surface area contributed by atoms with Crippen LogP contribution in [0.5, 0.6) is 0 Å². The van der Waals surface area contributed by atoms with Crippen LogP contribution in [0, 0.1) is 11.3 Å². The Morgan fingerprint density at radius 1 is 0.614 bits per heavy atom. The van der Waals surface area contributed by atoms with E-state index < -0.39 is 23.6 Å². The number of benzene rings is 6. The van der Waals surface area contributed by atoms with Crippen molar-refractivity contribution in [1.82, 2.24) is 0 Å². The van der Waals surface area contributed by atoms with E-state index in [-0.39, 0.29) is 30.0 Å². The molecule has 7 aromatic rings. The van der Waals surface area contributed by atoms with E-state index >= 15 is 0 Å². The van der Waals surface area contributed by atoms with Crippen LogP contribution in [0.4, 0.5) is 0 Å². The third-order valence-corrected chi connectivity index (χ3v) is 12.2. The maximum Gasteiger partial charge on any atom is 0.338 e. The predicted molar refractivity (Wildman–Crippen MR) is 227 cm³/mol. The smallest absolute Gasteiger partial charge is 0.338 e. The van der Waals surface area contributed by atoms with Crippen LogP contribution >= 0.6 is 11.3 Å². The number of hydrogen-bond acceptors (Lipinski definition) is 8. The number of fused-ring (bicyclic) bond motifs is 2. The summed E-state index contributed by atoms with van der Waals surface area (Å²) in [4.78, 5) is 38.3. The van der Waals surface area contributed by atoms with Gasteiger partial charge in [0.05, 0.1) is 5.56 Å². The third-order valence-electron chi connectivity index (χ3n) is 11.1. The average molecular weight is 769 g/mol. The fourth-order valence-electron chi connectivity index (χ4n) is 7.91. The van der Waals surface area contributed by atoms with Gasteiger partial charge in [-0.1, -0.05) is 147 Å². The number of aliphatic imine (C=N–C) groups is 2. The normalized spacial score (nSPS) is 19.2. The van der Waals surface area contributed by atoms with Crippen molar-refractivity contribution in [3.63, 3.8) is 0 Å². The van der Waals surface area contributed by atoms with Crippen LogP contribution in [0.1, 0.15) is 70.8 Å². The van der Waals surface area contributed by atoms with Crippen LogP contribution in [-0.4, -0.2) is 24.4 Å². The van der Waals surface area contributed by atoms with Crippen molar-refractivity contribution < 1.29 is 19.0 Å². The van der Waals surface area contributed by atoms with E-state index in [0.29, 0.717) is 32.8 Å². The van der Waals surface area contributed by atoms with Crippen LogP contribution in [0.15, 0.2) is 179 Å². The van der Waals surface area contributed by atoms with E-state index in [1.54, 1.807) is 18.2 Å². The monoisotopic (exact) mass is 768 g/mol. The van der Waals surface area contributed by atoms with Crippen LogP contribution in [0.3, 0.4) is 0 Å². The van der Waals surface area contributed by atoms with Gasteiger partial charge in [-0.2, -0.15) is 0 Å². The maximum atomic E-state index is 14.2. The van der Waals surface area contributed by atoms with Crippen molar-refractivity contribution in [2.24, 2.45) is 21.3 Å². The highest BCUT2D eigenvalue weighted by molar-refractivity contribution is 7.24. The first-order valence-corrected chi connectivity index (χ1v) is 20.0. The maximum absolute atomic E-state index is 14.2. The predicted octanol–water partition coefficient (Wildman–Crippen LogP) is 11.0. The minimum atomic E-state index is -1.22. The molecular formula is C49H40N2O5S. The highest BCUT2D eigenvalue weighted by atomic mass is 32.1. The van der Waals surface area contributed by atoms with Gasteiger partial charge in [0.25, 0.3) is 0 Å². The van der Waals surface area contributed by atoms with Gasteiger partial charge >= 0.3 is 5.97 Å².